The van der Waals surface area contributed by atoms with Crippen molar-refractivity contribution in [3.05, 3.63) is 59.9 Å². The molecule has 0 aliphatic carbocycles. The van der Waals surface area contributed by atoms with Crippen molar-refractivity contribution >= 4 is 15.7 Å². The van der Waals surface area contributed by atoms with Crippen molar-refractivity contribution in [2.24, 2.45) is 5.73 Å². The highest BCUT2D eigenvalue weighted by atomic mass is 32.2. The monoisotopic (exact) mass is 305 g/mol. The largest absolute Gasteiger partial charge is 0.326 e. The van der Waals surface area contributed by atoms with Crippen molar-refractivity contribution in [1.29, 1.82) is 0 Å². The molecule has 5 nitrogen and oxygen atoms in total. The zero-order valence-corrected chi connectivity index (χ0v) is 12.8. The molecule has 0 saturated carbocycles. The minimum atomic E-state index is -3.35. The van der Waals surface area contributed by atoms with Crippen LogP contribution in [0, 0.1) is 0 Å². The van der Waals surface area contributed by atoms with Gasteiger partial charge in [-0.05, 0) is 41.8 Å². The minimum absolute atomic E-state index is 0.0617. The molecular weight excluding hydrogens is 286 g/mol. The van der Waals surface area contributed by atoms with E-state index in [1.165, 1.54) is 4.31 Å². The highest BCUT2D eigenvalue weighted by Gasteiger charge is 2.18. The molecule has 112 valence electrons. The third-order valence-corrected chi connectivity index (χ3v) is 5.12. The van der Waals surface area contributed by atoms with Gasteiger partial charge in [0.2, 0.25) is 10.0 Å². The summed E-state index contributed by atoms with van der Waals surface area (Å²) in [4.78, 5) is 3.92. The maximum absolute atomic E-state index is 12.3. The van der Waals surface area contributed by atoms with Crippen molar-refractivity contribution < 1.29 is 8.42 Å². The number of nitrogens with zero attached hydrogens (tertiary/aromatic N) is 2. The van der Waals surface area contributed by atoms with E-state index in [4.69, 9.17) is 5.73 Å². The van der Waals surface area contributed by atoms with Gasteiger partial charge in [-0.25, -0.2) is 8.42 Å². The third-order valence-electron chi connectivity index (χ3n) is 3.35. The quantitative estimate of drug-likeness (QED) is 0.878. The van der Waals surface area contributed by atoms with Crippen LogP contribution in [-0.2, 0) is 23.0 Å². The van der Waals surface area contributed by atoms with Crippen molar-refractivity contribution in [3.63, 3.8) is 0 Å². The molecular formula is C15H19N3O2S. The first-order valence-corrected chi connectivity index (χ1v) is 8.28. The van der Waals surface area contributed by atoms with Crippen LogP contribution < -0.4 is 10.0 Å². The van der Waals surface area contributed by atoms with Crippen molar-refractivity contribution in [3.8, 4) is 0 Å². The van der Waals surface area contributed by atoms with Gasteiger partial charge in [0.05, 0.1) is 11.4 Å². The van der Waals surface area contributed by atoms with Gasteiger partial charge < -0.3 is 5.73 Å². The fourth-order valence-electron chi connectivity index (χ4n) is 1.94. The Hall–Kier alpha value is -1.92. The molecule has 21 heavy (non-hydrogen) atoms. The van der Waals surface area contributed by atoms with E-state index in [1.54, 1.807) is 31.6 Å². The van der Waals surface area contributed by atoms with Crippen molar-refractivity contribution in [2.45, 2.75) is 13.0 Å². The van der Waals surface area contributed by atoms with Gasteiger partial charge in [-0.2, -0.15) is 0 Å². The summed E-state index contributed by atoms with van der Waals surface area (Å²) in [5.41, 5.74) is 8.11. The molecule has 0 unspecified atom stereocenters. The SMILES string of the molecule is CN(c1ccc(CN)cc1)S(=O)(=O)CCc1ccncc1. The van der Waals surface area contributed by atoms with Gasteiger partial charge in [0.15, 0.2) is 0 Å². The number of nitrogens with two attached hydrogens (primary N) is 1. The van der Waals surface area contributed by atoms with E-state index in [9.17, 15) is 8.42 Å². The van der Waals surface area contributed by atoms with Crippen LogP contribution in [0.5, 0.6) is 0 Å². The summed E-state index contributed by atoms with van der Waals surface area (Å²) in [5.74, 6) is 0.0617. The maximum atomic E-state index is 12.3. The summed E-state index contributed by atoms with van der Waals surface area (Å²) in [6, 6.07) is 10.9. The lowest BCUT2D eigenvalue weighted by Gasteiger charge is -2.19. The number of benzene rings is 1. The van der Waals surface area contributed by atoms with Gasteiger partial charge in [0.25, 0.3) is 0 Å². The van der Waals surface area contributed by atoms with Crippen LogP contribution in [0.25, 0.3) is 0 Å². The topological polar surface area (TPSA) is 76.3 Å². The fourth-order valence-corrected chi connectivity index (χ4v) is 3.15. The molecule has 0 saturated heterocycles. The smallest absolute Gasteiger partial charge is 0.235 e. The number of hydrogen-bond acceptors (Lipinski definition) is 4. The number of aryl methyl sites for hydroxylation is 1. The van der Waals surface area contributed by atoms with Crippen LogP contribution in [0.15, 0.2) is 48.8 Å². The summed E-state index contributed by atoms with van der Waals surface area (Å²) in [7, 11) is -1.78. The molecule has 2 N–H and O–H groups in total. The lowest BCUT2D eigenvalue weighted by molar-refractivity contribution is 0.593. The number of aromatic nitrogens is 1. The van der Waals surface area contributed by atoms with Gasteiger partial charge in [-0.1, -0.05) is 12.1 Å². The summed E-state index contributed by atoms with van der Waals surface area (Å²) in [6.07, 6.45) is 3.80. The minimum Gasteiger partial charge on any atom is -0.326 e. The van der Waals surface area contributed by atoms with Crippen LogP contribution in [0.4, 0.5) is 5.69 Å². The van der Waals surface area contributed by atoms with Gasteiger partial charge >= 0.3 is 0 Å². The predicted octanol–water partition coefficient (Wildman–Crippen LogP) is 1.55. The summed E-state index contributed by atoms with van der Waals surface area (Å²) in [5, 5.41) is 0. The van der Waals surface area contributed by atoms with Gasteiger partial charge in [0.1, 0.15) is 0 Å². The summed E-state index contributed by atoms with van der Waals surface area (Å²) < 4.78 is 26.0. The number of sulfonamides is 1. The van der Waals surface area contributed by atoms with Crippen LogP contribution in [-0.4, -0.2) is 26.2 Å². The molecule has 0 aliphatic rings. The Labute approximate surface area is 125 Å². The van der Waals surface area contributed by atoms with Crippen LogP contribution >= 0.6 is 0 Å². The van der Waals surface area contributed by atoms with Crippen LogP contribution in [0.1, 0.15) is 11.1 Å². The van der Waals surface area contributed by atoms with Crippen LogP contribution in [0.2, 0.25) is 0 Å². The number of anilines is 1. The lowest BCUT2D eigenvalue weighted by atomic mass is 10.2. The predicted molar refractivity (Wildman–Crippen MR) is 84.5 cm³/mol. The van der Waals surface area contributed by atoms with E-state index in [-0.39, 0.29) is 5.75 Å². The average Bonchev–Trinajstić information content (AvgIpc) is 2.53. The maximum Gasteiger partial charge on any atom is 0.235 e. The second-order valence-corrected chi connectivity index (χ2v) is 6.88. The molecule has 1 aromatic heterocycles. The Balaban J connectivity index is 2.07. The first-order chi connectivity index (χ1) is 10.0. The summed E-state index contributed by atoms with van der Waals surface area (Å²) >= 11 is 0. The second kappa shape index (κ2) is 6.69. The molecule has 0 amide bonds. The first-order valence-electron chi connectivity index (χ1n) is 6.67. The van der Waals surface area contributed by atoms with E-state index in [2.05, 4.69) is 4.98 Å². The van der Waals surface area contributed by atoms with Gasteiger partial charge in [0, 0.05) is 26.0 Å². The van der Waals surface area contributed by atoms with E-state index in [0.717, 1.165) is 11.1 Å². The van der Waals surface area contributed by atoms with Gasteiger partial charge in [-0.3, -0.25) is 9.29 Å². The molecule has 0 spiro atoms. The number of hydrogen-bond donors (Lipinski definition) is 1. The van der Waals surface area contributed by atoms with E-state index in [0.29, 0.717) is 18.7 Å². The number of pyridine rings is 1. The third kappa shape index (κ3) is 4.03. The Bertz CT molecular complexity index is 670. The highest BCUT2D eigenvalue weighted by Crippen LogP contribution is 2.18. The summed E-state index contributed by atoms with van der Waals surface area (Å²) in [6.45, 7) is 0.443. The zero-order chi connectivity index (χ0) is 15.3. The average molecular weight is 305 g/mol. The number of rotatable bonds is 6. The highest BCUT2D eigenvalue weighted by molar-refractivity contribution is 7.92. The van der Waals surface area contributed by atoms with Gasteiger partial charge in [-0.15, -0.1) is 0 Å². The Morgan fingerprint density at radius 3 is 2.24 bits per heavy atom. The molecule has 0 aliphatic heterocycles. The Morgan fingerprint density at radius 2 is 1.67 bits per heavy atom. The fraction of sp³-hybridized carbons (Fsp3) is 0.267. The standard InChI is InChI=1S/C15H19N3O2S/c1-18(15-4-2-14(12-16)3-5-15)21(19,20)11-8-13-6-9-17-10-7-13/h2-7,9-10H,8,11-12,16H2,1H3. The van der Waals surface area contributed by atoms with Crippen molar-refractivity contribution in [2.75, 3.05) is 17.1 Å². The molecule has 0 fully saturated rings. The van der Waals surface area contributed by atoms with E-state index < -0.39 is 10.0 Å². The normalized spacial score (nSPS) is 11.3. The van der Waals surface area contributed by atoms with E-state index >= 15 is 0 Å². The molecule has 2 rings (SSSR count). The van der Waals surface area contributed by atoms with Crippen LogP contribution in [0.3, 0.4) is 0 Å². The zero-order valence-electron chi connectivity index (χ0n) is 11.9. The van der Waals surface area contributed by atoms with Crippen molar-refractivity contribution in [1.82, 2.24) is 4.98 Å². The molecule has 6 heteroatoms. The van der Waals surface area contributed by atoms with E-state index in [1.807, 2.05) is 24.3 Å². The molecule has 0 bridgehead atoms. The molecule has 0 radical (unpaired) electrons. The Kier molecular flexibility index (Phi) is 4.93. The molecule has 1 aromatic carbocycles. The molecule has 0 atom stereocenters. The Morgan fingerprint density at radius 1 is 1.05 bits per heavy atom. The second-order valence-electron chi connectivity index (χ2n) is 4.76. The molecule has 2 aromatic rings. The first kappa shape index (κ1) is 15.5. The lowest BCUT2D eigenvalue weighted by Crippen LogP contribution is -2.29. The molecule has 1 heterocycles.